The van der Waals surface area contributed by atoms with Gasteiger partial charge in [0.1, 0.15) is 5.75 Å². The third kappa shape index (κ3) is 3.62. The van der Waals surface area contributed by atoms with Crippen LogP contribution in [0, 0.1) is 23.2 Å². The van der Waals surface area contributed by atoms with Crippen molar-refractivity contribution in [1.82, 2.24) is 5.32 Å². The Morgan fingerprint density at radius 1 is 1.14 bits per heavy atom. The first-order valence-electron chi connectivity index (χ1n) is 9.60. The highest BCUT2D eigenvalue weighted by Crippen LogP contribution is 2.60. The molecule has 0 aliphatic heterocycles. The lowest BCUT2D eigenvalue weighted by Crippen LogP contribution is -2.61. The lowest BCUT2D eigenvalue weighted by Gasteiger charge is -2.58. The summed E-state index contributed by atoms with van der Waals surface area (Å²) in [5.41, 5.74) is -0.107. The van der Waals surface area contributed by atoms with Crippen LogP contribution in [0.15, 0.2) is 24.3 Å². The molecule has 4 aliphatic rings. The molecule has 0 heterocycles. The van der Waals surface area contributed by atoms with Crippen molar-refractivity contribution in [3.05, 3.63) is 29.8 Å². The van der Waals surface area contributed by atoms with Gasteiger partial charge in [0.2, 0.25) is 0 Å². The minimum Gasteiger partial charge on any atom is -0.481 e. The van der Waals surface area contributed by atoms with E-state index in [1.807, 2.05) is 0 Å². The molecule has 0 radical (unpaired) electrons. The number of hydrogen-bond acceptors (Lipinski definition) is 5. The fraction of sp³-hybridized carbons (Fsp3) is 0.600. The van der Waals surface area contributed by atoms with Gasteiger partial charge in [-0.05, 0) is 74.1 Å². The molecule has 0 saturated heterocycles. The highest BCUT2D eigenvalue weighted by molar-refractivity contribution is 7.90. The SMILES string of the molecule is CS(=O)(=O)COc1ccc(C(=O)NC2C3CC4CC2CC(C(=O)O)(C4)C3)cc1. The number of carbonyl (C=O) groups excluding carboxylic acids is 1. The average Bonchev–Trinajstić information content (AvgIpc) is 2.62. The molecule has 0 aromatic heterocycles. The summed E-state index contributed by atoms with van der Waals surface area (Å²) in [4.78, 5) is 24.5. The van der Waals surface area contributed by atoms with Crippen LogP contribution in [0.5, 0.6) is 5.75 Å². The van der Waals surface area contributed by atoms with Crippen molar-refractivity contribution >= 4 is 21.7 Å². The van der Waals surface area contributed by atoms with E-state index in [4.69, 9.17) is 4.74 Å². The van der Waals surface area contributed by atoms with Gasteiger partial charge >= 0.3 is 5.97 Å². The van der Waals surface area contributed by atoms with E-state index in [0.717, 1.165) is 25.5 Å². The number of ether oxygens (including phenoxy) is 1. The number of aliphatic carboxylic acids is 1. The van der Waals surface area contributed by atoms with E-state index in [1.165, 1.54) is 0 Å². The summed E-state index contributed by atoms with van der Waals surface area (Å²) in [6.45, 7) is 0. The zero-order chi connectivity index (χ0) is 20.1. The number of amides is 1. The van der Waals surface area contributed by atoms with Crippen molar-refractivity contribution in [3.63, 3.8) is 0 Å². The number of carbonyl (C=O) groups is 2. The Hall–Kier alpha value is -2.09. The lowest BCUT2D eigenvalue weighted by atomic mass is 9.48. The number of sulfone groups is 1. The maximum atomic E-state index is 12.7. The summed E-state index contributed by atoms with van der Waals surface area (Å²) >= 11 is 0. The van der Waals surface area contributed by atoms with E-state index in [2.05, 4.69) is 5.32 Å². The first-order chi connectivity index (χ1) is 13.2. The molecule has 2 N–H and O–H groups in total. The lowest BCUT2D eigenvalue weighted by molar-refractivity contribution is -0.166. The minimum absolute atomic E-state index is 0.0256. The predicted octanol–water partition coefficient (Wildman–Crippen LogP) is 2.08. The van der Waals surface area contributed by atoms with E-state index in [-0.39, 0.29) is 23.8 Å². The third-order valence-electron chi connectivity index (χ3n) is 6.58. The summed E-state index contributed by atoms with van der Waals surface area (Å²) < 4.78 is 27.5. The summed E-state index contributed by atoms with van der Waals surface area (Å²) in [6.07, 6.45) is 5.17. The van der Waals surface area contributed by atoms with Crippen LogP contribution in [0.1, 0.15) is 42.5 Å². The molecule has 7 nitrogen and oxygen atoms in total. The molecule has 2 atom stereocenters. The van der Waals surface area contributed by atoms with Crippen LogP contribution in [-0.2, 0) is 14.6 Å². The van der Waals surface area contributed by atoms with Gasteiger partial charge < -0.3 is 15.2 Å². The van der Waals surface area contributed by atoms with Gasteiger partial charge in [-0.2, -0.15) is 0 Å². The normalized spacial score (nSPS) is 33.5. The first-order valence-corrected chi connectivity index (χ1v) is 11.7. The number of benzene rings is 1. The van der Waals surface area contributed by atoms with Crippen molar-refractivity contribution in [1.29, 1.82) is 0 Å². The Balaban J connectivity index is 1.41. The van der Waals surface area contributed by atoms with Crippen LogP contribution < -0.4 is 10.1 Å². The number of carboxylic acids is 1. The molecule has 1 aromatic rings. The summed E-state index contributed by atoms with van der Waals surface area (Å²) in [7, 11) is -3.23. The third-order valence-corrected chi connectivity index (χ3v) is 7.13. The Morgan fingerprint density at radius 2 is 1.75 bits per heavy atom. The Morgan fingerprint density at radius 3 is 2.29 bits per heavy atom. The van der Waals surface area contributed by atoms with Gasteiger partial charge in [0, 0.05) is 17.9 Å². The Labute approximate surface area is 164 Å². The highest BCUT2D eigenvalue weighted by Gasteiger charge is 2.58. The minimum atomic E-state index is -3.23. The Bertz CT molecular complexity index is 878. The molecule has 28 heavy (non-hydrogen) atoms. The number of hydrogen-bond donors (Lipinski definition) is 2. The second-order valence-corrected chi connectivity index (χ2v) is 10.9. The molecule has 8 heteroatoms. The van der Waals surface area contributed by atoms with Gasteiger partial charge in [-0.3, -0.25) is 9.59 Å². The van der Waals surface area contributed by atoms with Crippen LogP contribution >= 0.6 is 0 Å². The molecule has 0 spiro atoms. The quantitative estimate of drug-likeness (QED) is 0.747. The van der Waals surface area contributed by atoms with Crippen molar-refractivity contribution in [2.24, 2.45) is 23.2 Å². The topological polar surface area (TPSA) is 110 Å². The maximum absolute atomic E-state index is 12.7. The molecule has 4 fully saturated rings. The molecular weight excluding hydrogens is 382 g/mol. The standard InChI is InChI=1S/C20H25NO6S/c1-28(25,26)11-27-16-4-2-13(3-5-16)18(22)21-17-14-6-12-7-15(17)10-20(8-12,9-14)19(23)24/h2-5,12,14-15,17H,6-11H2,1H3,(H,21,22)(H,23,24). The van der Waals surface area contributed by atoms with Crippen molar-refractivity contribution in [3.8, 4) is 5.75 Å². The first kappa shape index (κ1) is 19.2. The van der Waals surface area contributed by atoms with Crippen LogP contribution in [-0.4, -0.2) is 43.6 Å². The van der Waals surface area contributed by atoms with Crippen molar-refractivity contribution in [2.45, 2.75) is 38.1 Å². The van der Waals surface area contributed by atoms with Gasteiger partial charge in [-0.1, -0.05) is 0 Å². The molecule has 1 amide bonds. The van der Waals surface area contributed by atoms with Gasteiger partial charge in [-0.15, -0.1) is 0 Å². The number of nitrogens with one attached hydrogen (secondary N) is 1. The number of carboxylic acid groups (broad SMARTS) is 1. The fourth-order valence-corrected chi connectivity index (χ4v) is 5.98. The second-order valence-electron chi connectivity index (χ2n) is 8.77. The molecule has 5 rings (SSSR count). The van der Waals surface area contributed by atoms with Gasteiger partial charge in [0.25, 0.3) is 5.91 Å². The smallest absolute Gasteiger partial charge is 0.309 e. The summed E-state index contributed by atoms with van der Waals surface area (Å²) in [6, 6.07) is 6.41. The molecule has 1 aromatic carbocycles. The van der Waals surface area contributed by atoms with Crippen molar-refractivity contribution in [2.75, 3.05) is 12.2 Å². The summed E-state index contributed by atoms with van der Waals surface area (Å²) in [5.74, 6) is 0.0365. The van der Waals surface area contributed by atoms with E-state index >= 15 is 0 Å². The van der Waals surface area contributed by atoms with Gasteiger partial charge in [0.05, 0.1) is 5.41 Å². The van der Waals surface area contributed by atoms with E-state index < -0.39 is 27.2 Å². The van der Waals surface area contributed by atoms with Gasteiger partial charge in [0.15, 0.2) is 15.8 Å². The Kier molecular flexibility index (Phi) is 4.64. The zero-order valence-electron chi connectivity index (χ0n) is 15.8. The molecule has 152 valence electrons. The van der Waals surface area contributed by atoms with E-state index in [0.29, 0.717) is 30.1 Å². The molecule has 4 aliphatic carbocycles. The highest BCUT2D eigenvalue weighted by atomic mass is 32.2. The fourth-order valence-electron chi connectivity index (χ4n) is 5.63. The van der Waals surface area contributed by atoms with E-state index in [1.54, 1.807) is 24.3 Å². The van der Waals surface area contributed by atoms with E-state index in [9.17, 15) is 23.1 Å². The molecular formula is C20H25NO6S. The van der Waals surface area contributed by atoms with Crippen LogP contribution in [0.3, 0.4) is 0 Å². The van der Waals surface area contributed by atoms with Gasteiger partial charge in [-0.25, -0.2) is 8.42 Å². The molecule has 4 bridgehead atoms. The average molecular weight is 407 g/mol. The number of rotatable bonds is 6. The van der Waals surface area contributed by atoms with Crippen LogP contribution in [0.2, 0.25) is 0 Å². The van der Waals surface area contributed by atoms with Crippen molar-refractivity contribution < 1.29 is 27.9 Å². The molecule has 4 saturated carbocycles. The van der Waals surface area contributed by atoms with Crippen LogP contribution in [0.25, 0.3) is 0 Å². The van der Waals surface area contributed by atoms with Crippen LogP contribution in [0.4, 0.5) is 0 Å². The maximum Gasteiger partial charge on any atom is 0.309 e. The summed E-state index contributed by atoms with van der Waals surface area (Å²) in [5, 5.41) is 12.8. The second kappa shape index (κ2) is 6.76. The monoisotopic (exact) mass is 407 g/mol. The predicted molar refractivity (Wildman–Crippen MR) is 102 cm³/mol. The zero-order valence-corrected chi connectivity index (χ0v) is 16.6. The molecule has 2 unspecified atom stereocenters. The largest absolute Gasteiger partial charge is 0.481 e.